The Kier molecular flexibility index (Phi) is 4.53. The molecule has 2 aromatic heterocycles. The highest BCUT2D eigenvalue weighted by molar-refractivity contribution is 5.79. The van der Waals surface area contributed by atoms with Gasteiger partial charge in [0.1, 0.15) is 0 Å². The average molecular weight is 409 g/mol. The van der Waals surface area contributed by atoms with Crippen LogP contribution in [0.3, 0.4) is 0 Å². The van der Waals surface area contributed by atoms with Crippen LogP contribution < -0.4 is 0 Å². The Morgan fingerprint density at radius 1 is 0.774 bits per heavy atom. The molecule has 0 unspecified atom stereocenters. The largest absolute Gasteiger partial charge is 0.269 e. The van der Waals surface area contributed by atoms with Gasteiger partial charge in [0.25, 0.3) is 5.69 Å². The standard InChI is InChI=1S/C22H15N7O2/c30-29(31)19-13-11-18(12-14-19)27-21(16-7-3-1-4-8-16)20(15-23-27)22-24-25-26-28(22)17-9-5-2-6-10-17/h1-15H. The van der Waals surface area contributed by atoms with Crippen molar-refractivity contribution >= 4 is 5.69 Å². The number of para-hydroxylation sites is 1. The summed E-state index contributed by atoms with van der Waals surface area (Å²) in [5, 5.41) is 27.9. The summed E-state index contributed by atoms with van der Waals surface area (Å²) in [5.41, 5.74) is 3.96. The molecule has 0 amide bonds. The zero-order valence-corrected chi connectivity index (χ0v) is 16.1. The third-order valence-electron chi connectivity index (χ3n) is 4.83. The lowest BCUT2D eigenvalue weighted by Crippen LogP contribution is -2.02. The van der Waals surface area contributed by atoms with E-state index in [-0.39, 0.29) is 5.69 Å². The fraction of sp³-hybridized carbons (Fsp3) is 0. The van der Waals surface area contributed by atoms with Crippen LogP contribution in [-0.4, -0.2) is 34.9 Å². The zero-order chi connectivity index (χ0) is 21.2. The van der Waals surface area contributed by atoms with Crippen LogP contribution >= 0.6 is 0 Å². The number of tetrazole rings is 1. The van der Waals surface area contributed by atoms with Gasteiger partial charge >= 0.3 is 0 Å². The molecule has 0 saturated heterocycles. The Bertz CT molecular complexity index is 1340. The zero-order valence-electron chi connectivity index (χ0n) is 16.1. The van der Waals surface area contributed by atoms with Crippen LogP contribution in [0, 0.1) is 10.1 Å². The highest BCUT2D eigenvalue weighted by Gasteiger charge is 2.21. The van der Waals surface area contributed by atoms with Crippen LogP contribution in [0.1, 0.15) is 0 Å². The van der Waals surface area contributed by atoms with Crippen molar-refractivity contribution in [3.63, 3.8) is 0 Å². The lowest BCUT2D eigenvalue weighted by atomic mass is 10.1. The normalized spacial score (nSPS) is 10.8. The Labute approximate surface area is 176 Å². The van der Waals surface area contributed by atoms with E-state index in [1.165, 1.54) is 12.1 Å². The maximum atomic E-state index is 11.0. The van der Waals surface area contributed by atoms with Gasteiger partial charge in [-0.05, 0) is 34.7 Å². The summed E-state index contributed by atoms with van der Waals surface area (Å²) >= 11 is 0. The Morgan fingerprint density at radius 3 is 2.10 bits per heavy atom. The fourth-order valence-corrected chi connectivity index (χ4v) is 3.40. The third-order valence-corrected chi connectivity index (χ3v) is 4.83. The molecule has 0 bridgehead atoms. The van der Waals surface area contributed by atoms with E-state index < -0.39 is 4.92 Å². The molecule has 5 rings (SSSR count). The number of nitro groups is 1. The van der Waals surface area contributed by atoms with Gasteiger partial charge in [-0.1, -0.05) is 48.5 Å². The summed E-state index contributed by atoms with van der Waals surface area (Å²) in [6.07, 6.45) is 1.70. The first kappa shape index (κ1) is 18.4. The number of nitro benzene ring substituents is 1. The van der Waals surface area contributed by atoms with Crippen molar-refractivity contribution < 1.29 is 4.92 Å². The van der Waals surface area contributed by atoms with Crippen LogP contribution in [0.4, 0.5) is 5.69 Å². The number of non-ortho nitro benzene ring substituents is 1. The first-order valence-electron chi connectivity index (χ1n) is 9.45. The molecule has 150 valence electrons. The summed E-state index contributed by atoms with van der Waals surface area (Å²) in [7, 11) is 0. The molecule has 3 aromatic carbocycles. The number of benzene rings is 3. The molecule has 0 atom stereocenters. The smallest absolute Gasteiger partial charge is 0.258 e. The van der Waals surface area contributed by atoms with Crippen LogP contribution in [-0.2, 0) is 0 Å². The van der Waals surface area contributed by atoms with E-state index in [1.807, 2.05) is 60.7 Å². The van der Waals surface area contributed by atoms with Crippen molar-refractivity contribution in [2.45, 2.75) is 0 Å². The minimum atomic E-state index is -0.426. The highest BCUT2D eigenvalue weighted by Crippen LogP contribution is 2.33. The van der Waals surface area contributed by atoms with E-state index >= 15 is 0 Å². The van der Waals surface area contributed by atoms with Crippen molar-refractivity contribution in [2.75, 3.05) is 0 Å². The number of nitrogens with zero attached hydrogens (tertiary/aromatic N) is 7. The van der Waals surface area contributed by atoms with Gasteiger partial charge in [0.15, 0.2) is 5.82 Å². The van der Waals surface area contributed by atoms with Crippen molar-refractivity contribution in [1.29, 1.82) is 0 Å². The van der Waals surface area contributed by atoms with Gasteiger partial charge in [-0.25, -0.2) is 4.68 Å². The number of aromatic nitrogens is 6. The lowest BCUT2D eigenvalue weighted by molar-refractivity contribution is -0.384. The minimum Gasteiger partial charge on any atom is -0.258 e. The highest BCUT2D eigenvalue weighted by atomic mass is 16.6. The molecular formula is C22H15N7O2. The van der Waals surface area contributed by atoms with Gasteiger partial charge < -0.3 is 0 Å². The van der Waals surface area contributed by atoms with Crippen molar-refractivity contribution in [3.05, 3.63) is 101 Å². The molecule has 31 heavy (non-hydrogen) atoms. The lowest BCUT2D eigenvalue weighted by Gasteiger charge is -2.10. The molecule has 9 heteroatoms. The van der Waals surface area contributed by atoms with E-state index in [4.69, 9.17) is 0 Å². The van der Waals surface area contributed by atoms with Crippen LogP contribution in [0.5, 0.6) is 0 Å². The van der Waals surface area contributed by atoms with Gasteiger partial charge in [0.05, 0.1) is 33.8 Å². The second-order valence-electron chi connectivity index (χ2n) is 6.71. The van der Waals surface area contributed by atoms with Crippen molar-refractivity contribution in [3.8, 4) is 34.0 Å². The fourth-order valence-electron chi connectivity index (χ4n) is 3.40. The molecule has 0 N–H and O–H groups in total. The SMILES string of the molecule is O=[N+]([O-])c1ccc(-n2ncc(-c3nnnn3-c3ccccc3)c2-c2ccccc2)cc1. The van der Waals surface area contributed by atoms with E-state index in [0.717, 1.165) is 22.5 Å². The van der Waals surface area contributed by atoms with E-state index in [9.17, 15) is 10.1 Å². The summed E-state index contributed by atoms with van der Waals surface area (Å²) in [4.78, 5) is 10.6. The first-order chi connectivity index (χ1) is 15.2. The number of hydrogen-bond donors (Lipinski definition) is 0. The predicted molar refractivity (Wildman–Crippen MR) is 114 cm³/mol. The molecule has 0 aliphatic carbocycles. The molecule has 0 spiro atoms. The number of hydrogen-bond acceptors (Lipinski definition) is 6. The van der Waals surface area contributed by atoms with Gasteiger partial charge in [-0.3, -0.25) is 10.1 Å². The van der Waals surface area contributed by atoms with Crippen molar-refractivity contribution in [2.24, 2.45) is 0 Å². The molecule has 0 aliphatic rings. The van der Waals surface area contributed by atoms with E-state index in [1.54, 1.807) is 27.7 Å². The Hall–Kier alpha value is -4.66. The molecule has 0 fully saturated rings. The maximum Gasteiger partial charge on any atom is 0.269 e. The minimum absolute atomic E-state index is 0.0189. The number of rotatable bonds is 5. The van der Waals surface area contributed by atoms with Gasteiger partial charge in [0.2, 0.25) is 0 Å². The molecule has 5 aromatic rings. The second kappa shape index (κ2) is 7.64. The summed E-state index contributed by atoms with van der Waals surface area (Å²) in [6.45, 7) is 0. The van der Waals surface area contributed by atoms with E-state index in [2.05, 4.69) is 20.6 Å². The monoisotopic (exact) mass is 409 g/mol. The van der Waals surface area contributed by atoms with Crippen LogP contribution in [0.25, 0.3) is 34.0 Å². The predicted octanol–water partition coefficient (Wildman–Crippen LogP) is 4.09. The van der Waals surface area contributed by atoms with Gasteiger partial charge in [-0.2, -0.15) is 9.78 Å². The molecule has 0 radical (unpaired) electrons. The average Bonchev–Trinajstić information content (AvgIpc) is 3.47. The summed E-state index contributed by atoms with van der Waals surface area (Å²) < 4.78 is 3.39. The molecule has 9 nitrogen and oxygen atoms in total. The Balaban J connectivity index is 1.70. The van der Waals surface area contributed by atoms with Gasteiger partial charge in [0, 0.05) is 17.7 Å². The molecular weight excluding hydrogens is 394 g/mol. The quantitative estimate of drug-likeness (QED) is 0.320. The van der Waals surface area contributed by atoms with Crippen LogP contribution in [0.2, 0.25) is 0 Å². The molecule has 2 heterocycles. The summed E-state index contributed by atoms with van der Waals surface area (Å²) in [6, 6.07) is 25.6. The van der Waals surface area contributed by atoms with Crippen LogP contribution in [0.15, 0.2) is 91.1 Å². The third kappa shape index (κ3) is 3.33. The maximum absolute atomic E-state index is 11.0. The summed E-state index contributed by atoms with van der Waals surface area (Å²) in [5.74, 6) is 0.540. The Morgan fingerprint density at radius 2 is 1.42 bits per heavy atom. The topological polar surface area (TPSA) is 105 Å². The molecule has 0 aliphatic heterocycles. The first-order valence-corrected chi connectivity index (χ1v) is 9.45. The van der Waals surface area contributed by atoms with Gasteiger partial charge in [-0.15, -0.1) is 5.10 Å². The van der Waals surface area contributed by atoms with E-state index in [0.29, 0.717) is 11.5 Å². The van der Waals surface area contributed by atoms with Crippen molar-refractivity contribution in [1.82, 2.24) is 30.0 Å². The molecule has 0 saturated carbocycles. The second-order valence-corrected chi connectivity index (χ2v) is 6.71.